The van der Waals surface area contributed by atoms with E-state index in [1.807, 2.05) is 48.6 Å². The number of nitrogens with one attached hydrogen (secondary N) is 1. The van der Waals surface area contributed by atoms with E-state index < -0.39 is 24.0 Å². The van der Waals surface area contributed by atoms with Crippen LogP contribution < -0.4 is 19.5 Å². The van der Waals surface area contributed by atoms with E-state index in [1.165, 1.54) is 4.90 Å². The highest BCUT2D eigenvalue weighted by molar-refractivity contribution is 14.1. The lowest BCUT2D eigenvalue weighted by Crippen LogP contribution is -2.45. The zero-order chi connectivity index (χ0) is 30.9. The topological polar surface area (TPSA) is 138 Å². The molecule has 2 N–H and O–H groups in total. The number of benzene rings is 3. The van der Waals surface area contributed by atoms with Gasteiger partial charge in [0.1, 0.15) is 11.8 Å². The number of rotatable bonds is 11. The van der Waals surface area contributed by atoms with Crippen molar-refractivity contribution in [2.45, 2.75) is 51.7 Å². The maximum absolute atomic E-state index is 13.3. The van der Waals surface area contributed by atoms with Gasteiger partial charge < -0.3 is 24.6 Å². The van der Waals surface area contributed by atoms with Crippen LogP contribution in [0.3, 0.4) is 0 Å². The van der Waals surface area contributed by atoms with E-state index in [2.05, 4.69) is 11.4 Å². The fourth-order valence-electron chi connectivity index (χ4n) is 4.87. The Labute approximate surface area is 263 Å². The molecule has 0 saturated carbocycles. The predicted molar refractivity (Wildman–Crippen MR) is 166 cm³/mol. The normalized spacial score (nSPS) is 14.6. The van der Waals surface area contributed by atoms with E-state index in [0.717, 1.165) is 11.1 Å². The first-order chi connectivity index (χ1) is 20.7. The van der Waals surface area contributed by atoms with E-state index in [0.29, 0.717) is 45.8 Å². The van der Waals surface area contributed by atoms with Gasteiger partial charge in [-0.3, -0.25) is 9.69 Å². The van der Waals surface area contributed by atoms with Crippen molar-refractivity contribution in [1.29, 1.82) is 5.26 Å². The molecule has 0 fully saturated rings. The lowest BCUT2D eigenvalue weighted by atomic mass is 9.92. The number of carbonyl (C=O) groups excluding carboxylic acids is 2. The summed E-state index contributed by atoms with van der Waals surface area (Å²) in [6.07, 6.45) is 0.0409. The molecule has 3 aromatic carbocycles. The van der Waals surface area contributed by atoms with E-state index in [9.17, 15) is 24.8 Å². The molecular formula is C32H32IN3O7. The Morgan fingerprint density at radius 2 is 1.70 bits per heavy atom. The van der Waals surface area contributed by atoms with Crippen molar-refractivity contribution < 1.29 is 33.7 Å². The van der Waals surface area contributed by atoms with Gasteiger partial charge >= 0.3 is 12.1 Å². The highest BCUT2D eigenvalue weighted by atomic mass is 127. The van der Waals surface area contributed by atoms with Gasteiger partial charge in [0, 0.05) is 16.5 Å². The van der Waals surface area contributed by atoms with Crippen LogP contribution in [0.4, 0.5) is 4.79 Å². The van der Waals surface area contributed by atoms with E-state index in [1.54, 1.807) is 48.5 Å². The van der Waals surface area contributed by atoms with Gasteiger partial charge in [0.2, 0.25) is 0 Å². The SMILES string of the molecule is CCOc1cc2c(cc1OCC)CN(C(=O)Oc1ccc(C[C@H](NC(=O)c3ccccc3I)C(=O)O)cc1)C(CC#N)C2. The van der Waals surface area contributed by atoms with Crippen molar-refractivity contribution >= 4 is 40.6 Å². The van der Waals surface area contributed by atoms with Gasteiger partial charge in [-0.05, 0) is 95.9 Å². The molecule has 0 saturated heterocycles. The molecule has 224 valence electrons. The molecule has 10 nitrogen and oxygen atoms in total. The second-order valence-electron chi connectivity index (χ2n) is 9.84. The van der Waals surface area contributed by atoms with Crippen molar-refractivity contribution in [3.63, 3.8) is 0 Å². The van der Waals surface area contributed by atoms with E-state index in [4.69, 9.17) is 14.2 Å². The summed E-state index contributed by atoms with van der Waals surface area (Å²) >= 11 is 2.03. The molecule has 0 aliphatic carbocycles. The fourth-order valence-corrected chi connectivity index (χ4v) is 5.50. The average Bonchev–Trinajstić information content (AvgIpc) is 2.98. The van der Waals surface area contributed by atoms with Gasteiger partial charge in [-0.15, -0.1) is 0 Å². The number of nitriles is 1. The molecule has 1 heterocycles. The third kappa shape index (κ3) is 7.95. The first-order valence-electron chi connectivity index (χ1n) is 13.9. The van der Waals surface area contributed by atoms with Gasteiger partial charge in [-0.1, -0.05) is 24.3 Å². The Bertz CT molecular complexity index is 1520. The van der Waals surface area contributed by atoms with Crippen LogP contribution in [-0.4, -0.2) is 53.3 Å². The van der Waals surface area contributed by atoms with Gasteiger partial charge in [0.25, 0.3) is 5.91 Å². The summed E-state index contributed by atoms with van der Waals surface area (Å²) in [4.78, 5) is 39.4. The standard InChI is InChI=1S/C32H32IN3O7/c1-3-41-28-17-21-16-23(13-14-34)36(19-22(21)18-29(28)42-4-2)32(40)43-24-11-9-20(10-12-24)15-27(31(38)39)35-30(37)25-7-5-6-8-26(25)33/h5-12,17-18,23,27H,3-4,13,15-16,19H2,1-2H3,(H,35,37)(H,38,39)/t23?,27-/m0/s1. The Morgan fingerprint density at radius 1 is 1.05 bits per heavy atom. The Hall–Kier alpha value is -4.31. The molecule has 11 heteroatoms. The van der Waals surface area contributed by atoms with Crippen molar-refractivity contribution in [3.05, 3.63) is 86.5 Å². The Morgan fingerprint density at radius 3 is 2.30 bits per heavy atom. The number of ether oxygens (including phenoxy) is 3. The van der Waals surface area contributed by atoms with Crippen LogP contribution in [0.15, 0.2) is 60.7 Å². The summed E-state index contributed by atoms with van der Waals surface area (Å²) in [7, 11) is 0. The minimum atomic E-state index is -1.16. The van der Waals surface area contributed by atoms with Crippen LogP contribution in [0.25, 0.3) is 0 Å². The van der Waals surface area contributed by atoms with Gasteiger partial charge in [0.15, 0.2) is 11.5 Å². The van der Waals surface area contributed by atoms with Gasteiger partial charge in [0.05, 0.1) is 37.3 Å². The third-order valence-electron chi connectivity index (χ3n) is 6.95. The number of halogens is 1. The number of carboxylic acid groups (broad SMARTS) is 1. The Kier molecular flexibility index (Phi) is 10.8. The molecule has 1 aliphatic rings. The number of aliphatic carboxylic acids is 1. The molecule has 0 aromatic heterocycles. The zero-order valence-electron chi connectivity index (χ0n) is 23.8. The van der Waals surface area contributed by atoms with Crippen LogP contribution in [0.2, 0.25) is 0 Å². The first kappa shape index (κ1) is 31.6. The number of nitrogens with zero attached hydrogens (tertiary/aromatic N) is 2. The van der Waals surface area contributed by atoms with E-state index >= 15 is 0 Å². The zero-order valence-corrected chi connectivity index (χ0v) is 26.0. The number of fused-ring (bicyclic) bond motifs is 1. The average molecular weight is 698 g/mol. The number of carboxylic acids is 1. The second kappa shape index (κ2) is 14.7. The molecule has 4 rings (SSSR count). The molecule has 0 bridgehead atoms. The van der Waals surface area contributed by atoms with Gasteiger partial charge in [-0.2, -0.15) is 5.26 Å². The highest BCUT2D eigenvalue weighted by Crippen LogP contribution is 2.36. The number of carbonyl (C=O) groups is 3. The fraction of sp³-hybridized carbons (Fsp3) is 0.312. The molecule has 2 amide bonds. The number of hydrogen-bond acceptors (Lipinski definition) is 7. The second-order valence-corrected chi connectivity index (χ2v) is 11.0. The lowest BCUT2D eigenvalue weighted by Gasteiger charge is -2.35. The highest BCUT2D eigenvalue weighted by Gasteiger charge is 2.32. The molecule has 0 radical (unpaired) electrons. The largest absolute Gasteiger partial charge is 0.490 e. The maximum atomic E-state index is 13.3. The first-order valence-corrected chi connectivity index (χ1v) is 15.0. The smallest absolute Gasteiger partial charge is 0.415 e. The molecule has 43 heavy (non-hydrogen) atoms. The maximum Gasteiger partial charge on any atom is 0.415 e. The number of amides is 2. The van der Waals surface area contributed by atoms with Gasteiger partial charge in [-0.25, -0.2) is 9.59 Å². The van der Waals surface area contributed by atoms with E-state index in [-0.39, 0.29) is 31.2 Å². The Balaban J connectivity index is 1.45. The monoisotopic (exact) mass is 697 g/mol. The molecule has 1 aliphatic heterocycles. The molecule has 1 unspecified atom stereocenters. The summed E-state index contributed by atoms with van der Waals surface area (Å²) < 4.78 is 17.9. The van der Waals surface area contributed by atoms with Crippen LogP contribution in [0, 0.1) is 14.9 Å². The van der Waals surface area contributed by atoms with Crippen molar-refractivity contribution in [1.82, 2.24) is 10.2 Å². The summed E-state index contributed by atoms with van der Waals surface area (Å²) in [5.74, 6) is -0.133. The summed E-state index contributed by atoms with van der Waals surface area (Å²) in [6.45, 7) is 4.97. The minimum absolute atomic E-state index is 0.0394. The van der Waals surface area contributed by atoms with Crippen LogP contribution in [-0.2, 0) is 24.2 Å². The molecule has 2 atom stereocenters. The molecule has 3 aromatic rings. The molecule has 0 spiro atoms. The van der Waals surface area contributed by atoms with Crippen molar-refractivity contribution in [2.24, 2.45) is 0 Å². The van der Waals surface area contributed by atoms with Crippen molar-refractivity contribution in [3.8, 4) is 23.3 Å². The van der Waals surface area contributed by atoms with Crippen LogP contribution in [0.1, 0.15) is 47.3 Å². The quantitative estimate of drug-likeness (QED) is 0.256. The summed E-state index contributed by atoms with van der Waals surface area (Å²) in [5.41, 5.74) is 2.91. The summed E-state index contributed by atoms with van der Waals surface area (Å²) in [6, 6.07) is 17.8. The predicted octanol–water partition coefficient (Wildman–Crippen LogP) is 5.35. The molecular weight excluding hydrogens is 665 g/mol. The third-order valence-corrected chi connectivity index (χ3v) is 7.89. The lowest BCUT2D eigenvalue weighted by molar-refractivity contribution is -0.139. The number of hydrogen-bond donors (Lipinski definition) is 2. The van der Waals surface area contributed by atoms with Crippen LogP contribution >= 0.6 is 22.6 Å². The van der Waals surface area contributed by atoms with Crippen LogP contribution in [0.5, 0.6) is 17.2 Å². The minimum Gasteiger partial charge on any atom is -0.490 e. The summed E-state index contributed by atoms with van der Waals surface area (Å²) in [5, 5.41) is 21.7. The van der Waals surface area contributed by atoms with Crippen molar-refractivity contribution in [2.75, 3.05) is 13.2 Å².